The lowest BCUT2D eigenvalue weighted by Crippen LogP contribution is -2.34. The van der Waals surface area contributed by atoms with Crippen LogP contribution >= 0.6 is 11.8 Å². The molecule has 1 N–H and O–H groups in total. The molecule has 0 aromatic rings. The molecule has 1 saturated heterocycles. The van der Waals surface area contributed by atoms with Crippen molar-refractivity contribution in [1.29, 1.82) is 0 Å². The van der Waals surface area contributed by atoms with Gasteiger partial charge in [-0.15, -0.1) is 0 Å². The van der Waals surface area contributed by atoms with E-state index in [1.165, 1.54) is 18.6 Å². The van der Waals surface area contributed by atoms with Crippen molar-refractivity contribution in [2.75, 3.05) is 59.0 Å². The summed E-state index contributed by atoms with van der Waals surface area (Å²) in [4.78, 5) is 0. The van der Waals surface area contributed by atoms with Crippen LogP contribution in [0.15, 0.2) is 0 Å². The smallest absolute Gasteiger partial charge is 0.0701 e. The van der Waals surface area contributed by atoms with Crippen LogP contribution in [0, 0.1) is 0 Å². The van der Waals surface area contributed by atoms with E-state index in [4.69, 9.17) is 14.2 Å². The molecule has 0 aromatic carbocycles. The molecule has 1 rings (SSSR count). The number of nitrogens with one attached hydrogen (secondary N) is 1. The zero-order valence-corrected chi connectivity index (χ0v) is 12.5. The maximum atomic E-state index is 5.48. The van der Waals surface area contributed by atoms with Crippen molar-refractivity contribution in [1.82, 2.24) is 5.32 Å². The lowest BCUT2D eigenvalue weighted by atomic mass is 10.1. The molecule has 1 heterocycles. The zero-order chi connectivity index (χ0) is 13.1. The zero-order valence-electron chi connectivity index (χ0n) is 11.7. The molecule has 0 saturated carbocycles. The Labute approximate surface area is 115 Å². The molecule has 1 unspecified atom stereocenters. The van der Waals surface area contributed by atoms with Gasteiger partial charge < -0.3 is 19.5 Å². The van der Waals surface area contributed by atoms with Gasteiger partial charge in [0.15, 0.2) is 0 Å². The van der Waals surface area contributed by atoms with Crippen molar-refractivity contribution in [3.8, 4) is 0 Å². The Hall–Kier alpha value is 0.190. The highest BCUT2D eigenvalue weighted by Gasteiger charge is 2.28. The highest BCUT2D eigenvalue weighted by molar-refractivity contribution is 8.00. The first-order valence-electron chi connectivity index (χ1n) is 6.76. The predicted octanol–water partition coefficient (Wildman–Crippen LogP) is 1.54. The summed E-state index contributed by atoms with van der Waals surface area (Å²) in [6, 6.07) is 0. The van der Waals surface area contributed by atoms with Crippen molar-refractivity contribution in [3.05, 3.63) is 0 Å². The maximum absolute atomic E-state index is 5.48. The largest absolute Gasteiger partial charge is 0.382 e. The van der Waals surface area contributed by atoms with E-state index in [1.54, 1.807) is 7.11 Å². The van der Waals surface area contributed by atoms with Crippen molar-refractivity contribution >= 4 is 11.8 Å². The third-order valence-corrected chi connectivity index (χ3v) is 4.56. The average Bonchev–Trinajstić information content (AvgIpc) is 2.79. The molecule has 5 heteroatoms. The number of rotatable bonds is 11. The van der Waals surface area contributed by atoms with Crippen LogP contribution in [0.1, 0.15) is 19.8 Å². The van der Waals surface area contributed by atoms with E-state index in [9.17, 15) is 0 Å². The summed E-state index contributed by atoms with van der Waals surface area (Å²) in [6.45, 7) is 7.73. The molecule has 18 heavy (non-hydrogen) atoms. The van der Waals surface area contributed by atoms with Gasteiger partial charge in [-0.3, -0.25) is 0 Å². The van der Waals surface area contributed by atoms with E-state index < -0.39 is 0 Å². The second-order valence-corrected chi connectivity index (χ2v) is 6.48. The molecule has 1 fully saturated rings. The van der Waals surface area contributed by atoms with E-state index in [1.807, 2.05) is 0 Å². The number of hydrogen-bond acceptors (Lipinski definition) is 5. The van der Waals surface area contributed by atoms with E-state index in [2.05, 4.69) is 24.0 Å². The van der Waals surface area contributed by atoms with Gasteiger partial charge in [0.25, 0.3) is 0 Å². The molecule has 1 aliphatic heterocycles. The Balaban J connectivity index is 1.78. The molecule has 0 spiro atoms. The monoisotopic (exact) mass is 277 g/mol. The first-order chi connectivity index (χ1) is 8.77. The Kier molecular flexibility index (Phi) is 9.06. The summed E-state index contributed by atoms with van der Waals surface area (Å²) in [7, 11) is 1.68. The van der Waals surface area contributed by atoms with Gasteiger partial charge in [0.2, 0.25) is 0 Å². The minimum absolute atomic E-state index is 0.448. The summed E-state index contributed by atoms with van der Waals surface area (Å²) in [6.07, 6.45) is 2.69. The molecular weight excluding hydrogens is 250 g/mol. The summed E-state index contributed by atoms with van der Waals surface area (Å²) in [5.41, 5.74) is 0. The Morgan fingerprint density at radius 3 is 2.50 bits per heavy atom. The minimum atomic E-state index is 0.448. The van der Waals surface area contributed by atoms with Gasteiger partial charge in [0, 0.05) is 24.9 Å². The number of ether oxygens (including phenoxy) is 3. The molecule has 0 bridgehead atoms. The topological polar surface area (TPSA) is 39.7 Å². The molecule has 0 radical (unpaired) electrons. The Morgan fingerprint density at radius 1 is 1.11 bits per heavy atom. The fourth-order valence-electron chi connectivity index (χ4n) is 1.94. The minimum Gasteiger partial charge on any atom is -0.382 e. The van der Waals surface area contributed by atoms with E-state index in [-0.39, 0.29) is 0 Å². The maximum Gasteiger partial charge on any atom is 0.0701 e. The van der Waals surface area contributed by atoms with E-state index >= 15 is 0 Å². The quantitative estimate of drug-likeness (QED) is 0.580. The van der Waals surface area contributed by atoms with Gasteiger partial charge >= 0.3 is 0 Å². The first-order valence-corrected chi connectivity index (χ1v) is 7.74. The molecule has 108 valence electrons. The number of methoxy groups -OCH3 is 1. The van der Waals surface area contributed by atoms with Crippen LogP contribution in [0.4, 0.5) is 0 Å². The van der Waals surface area contributed by atoms with Crippen LogP contribution in [0.2, 0.25) is 0 Å². The third-order valence-electron chi connectivity index (χ3n) is 3.03. The third kappa shape index (κ3) is 7.59. The molecule has 0 aliphatic carbocycles. The van der Waals surface area contributed by atoms with Gasteiger partial charge in [0.1, 0.15) is 0 Å². The predicted molar refractivity (Wildman–Crippen MR) is 76.5 cm³/mol. The fourth-order valence-corrected chi connectivity index (χ4v) is 3.21. The summed E-state index contributed by atoms with van der Waals surface area (Å²) >= 11 is 2.09. The SMILES string of the molecule is COCCOCCOCCNCC1(C)CCCS1. The van der Waals surface area contributed by atoms with Crippen LogP contribution < -0.4 is 5.32 Å². The van der Waals surface area contributed by atoms with E-state index in [0.29, 0.717) is 31.2 Å². The van der Waals surface area contributed by atoms with E-state index in [0.717, 1.165) is 19.7 Å². The van der Waals surface area contributed by atoms with Crippen LogP contribution in [0.25, 0.3) is 0 Å². The lowest BCUT2D eigenvalue weighted by Gasteiger charge is -2.22. The van der Waals surface area contributed by atoms with Gasteiger partial charge in [-0.2, -0.15) is 11.8 Å². The molecule has 4 nitrogen and oxygen atoms in total. The number of hydrogen-bond donors (Lipinski definition) is 1. The van der Waals surface area contributed by atoms with Gasteiger partial charge in [-0.05, 0) is 25.5 Å². The van der Waals surface area contributed by atoms with Crippen molar-refractivity contribution in [2.45, 2.75) is 24.5 Å². The number of thioether (sulfide) groups is 1. The Morgan fingerprint density at radius 2 is 1.83 bits per heavy atom. The highest BCUT2D eigenvalue weighted by atomic mass is 32.2. The van der Waals surface area contributed by atoms with Gasteiger partial charge in [-0.1, -0.05) is 0 Å². The Bertz CT molecular complexity index is 199. The standard InChI is InChI=1S/C13H27NO3S/c1-13(4-3-11-18-13)12-14-5-6-16-9-10-17-8-7-15-2/h14H,3-12H2,1-2H3. The summed E-state index contributed by atoms with van der Waals surface area (Å²) in [5.74, 6) is 1.31. The second-order valence-electron chi connectivity index (χ2n) is 4.80. The molecule has 1 aliphatic rings. The second kappa shape index (κ2) is 10.0. The summed E-state index contributed by atoms with van der Waals surface area (Å²) < 4.78 is 16.1. The van der Waals surface area contributed by atoms with Gasteiger partial charge in [0.05, 0.1) is 33.0 Å². The molecule has 1 atom stereocenters. The van der Waals surface area contributed by atoms with Crippen molar-refractivity contribution in [2.24, 2.45) is 0 Å². The lowest BCUT2D eigenvalue weighted by molar-refractivity contribution is 0.0255. The normalized spacial score (nSPS) is 23.7. The van der Waals surface area contributed by atoms with Crippen molar-refractivity contribution < 1.29 is 14.2 Å². The molecular formula is C13H27NO3S. The van der Waals surface area contributed by atoms with Crippen LogP contribution in [0.5, 0.6) is 0 Å². The summed E-state index contributed by atoms with van der Waals surface area (Å²) in [5, 5.41) is 3.47. The fraction of sp³-hybridized carbons (Fsp3) is 1.00. The molecule has 0 aromatic heterocycles. The highest BCUT2D eigenvalue weighted by Crippen LogP contribution is 2.36. The van der Waals surface area contributed by atoms with Crippen LogP contribution in [0.3, 0.4) is 0 Å². The van der Waals surface area contributed by atoms with Crippen molar-refractivity contribution in [3.63, 3.8) is 0 Å². The first kappa shape index (κ1) is 16.2. The van der Waals surface area contributed by atoms with Crippen LogP contribution in [-0.4, -0.2) is 63.7 Å². The molecule has 0 amide bonds. The van der Waals surface area contributed by atoms with Crippen LogP contribution in [-0.2, 0) is 14.2 Å². The average molecular weight is 277 g/mol. The van der Waals surface area contributed by atoms with Gasteiger partial charge in [-0.25, -0.2) is 0 Å².